The lowest BCUT2D eigenvalue weighted by atomic mass is 10.1. The molecule has 0 saturated carbocycles. The summed E-state index contributed by atoms with van der Waals surface area (Å²) in [5.41, 5.74) is 5.01. The molecule has 0 aliphatic rings. The number of amides is 1. The fourth-order valence-corrected chi connectivity index (χ4v) is 3.62. The highest BCUT2D eigenvalue weighted by Gasteiger charge is 2.16. The van der Waals surface area contributed by atoms with Crippen LogP contribution in [-0.4, -0.2) is 41.0 Å². The van der Waals surface area contributed by atoms with Gasteiger partial charge in [0.2, 0.25) is 5.91 Å². The third-order valence-corrected chi connectivity index (χ3v) is 5.11. The van der Waals surface area contributed by atoms with Crippen LogP contribution in [0.25, 0.3) is 44.7 Å². The van der Waals surface area contributed by atoms with Gasteiger partial charge in [-0.2, -0.15) is 10.4 Å². The Labute approximate surface area is 188 Å². The summed E-state index contributed by atoms with van der Waals surface area (Å²) in [6.07, 6.45) is 8.59. The van der Waals surface area contributed by atoms with E-state index in [1.165, 1.54) is 6.20 Å². The SMILES string of the molecule is CC(C)CC(=O)Nc1cncc(-c2cnc3n[nH]c(-c4nc5c(C#N)cncc5[nH]4)c3c2)c1. The lowest BCUT2D eigenvalue weighted by Gasteiger charge is -2.08. The molecule has 162 valence electrons. The topological polar surface area (TPSA) is 149 Å². The normalized spacial score (nSPS) is 11.2. The Morgan fingerprint density at radius 2 is 1.94 bits per heavy atom. The number of carbonyl (C=O) groups is 1. The van der Waals surface area contributed by atoms with Gasteiger partial charge < -0.3 is 10.3 Å². The highest BCUT2D eigenvalue weighted by atomic mass is 16.1. The molecule has 10 heteroatoms. The molecule has 0 fully saturated rings. The van der Waals surface area contributed by atoms with Gasteiger partial charge in [-0.25, -0.2) is 9.97 Å². The Kier molecular flexibility index (Phi) is 4.99. The summed E-state index contributed by atoms with van der Waals surface area (Å²) in [5.74, 6) is 0.750. The van der Waals surface area contributed by atoms with E-state index in [1.54, 1.807) is 24.8 Å². The first kappa shape index (κ1) is 20.3. The third kappa shape index (κ3) is 3.87. The number of H-pyrrole nitrogens is 2. The molecule has 33 heavy (non-hydrogen) atoms. The molecule has 3 N–H and O–H groups in total. The van der Waals surface area contributed by atoms with Crippen LogP contribution < -0.4 is 5.32 Å². The monoisotopic (exact) mass is 437 g/mol. The van der Waals surface area contributed by atoms with Crippen molar-refractivity contribution in [3.05, 3.63) is 48.7 Å². The zero-order chi connectivity index (χ0) is 22.9. The molecule has 0 saturated heterocycles. The second-order valence-electron chi connectivity index (χ2n) is 8.08. The quantitative estimate of drug-likeness (QED) is 0.378. The number of aromatic amines is 2. The van der Waals surface area contributed by atoms with E-state index in [0.717, 1.165) is 16.5 Å². The minimum atomic E-state index is -0.0502. The highest BCUT2D eigenvalue weighted by molar-refractivity contribution is 5.95. The lowest BCUT2D eigenvalue weighted by molar-refractivity contribution is -0.116. The number of carbonyl (C=O) groups excluding carboxylic acids is 1. The zero-order valence-electron chi connectivity index (χ0n) is 17.9. The molecule has 0 radical (unpaired) electrons. The Balaban J connectivity index is 1.53. The standard InChI is InChI=1S/C23H19N9O/c1-12(2)3-19(33)28-16-4-13(7-25-10-16)14-5-17-21(31-32-22(17)27-9-14)23-29-18-11-26-8-15(6-24)20(18)30-23/h4-5,7-12H,3H2,1-2H3,(H,28,33)(H,29,30)(H,27,31,32). The van der Waals surface area contributed by atoms with E-state index >= 15 is 0 Å². The van der Waals surface area contributed by atoms with Crippen LogP contribution in [0, 0.1) is 17.2 Å². The number of nitrogens with zero attached hydrogens (tertiary/aromatic N) is 6. The van der Waals surface area contributed by atoms with Crippen molar-refractivity contribution in [2.75, 3.05) is 5.32 Å². The van der Waals surface area contributed by atoms with Crippen LogP contribution in [0.2, 0.25) is 0 Å². The molecule has 0 unspecified atom stereocenters. The Morgan fingerprint density at radius 1 is 1.12 bits per heavy atom. The number of nitriles is 1. The fourth-order valence-electron chi connectivity index (χ4n) is 3.62. The maximum atomic E-state index is 12.1. The van der Waals surface area contributed by atoms with E-state index in [0.29, 0.717) is 45.9 Å². The van der Waals surface area contributed by atoms with Crippen LogP contribution in [0.1, 0.15) is 25.8 Å². The first-order valence-corrected chi connectivity index (χ1v) is 10.4. The van der Waals surface area contributed by atoms with Gasteiger partial charge in [0.25, 0.3) is 0 Å². The molecule has 0 aliphatic carbocycles. The Hall–Kier alpha value is -4.65. The molecule has 5 rings (SSSR count). The molecular weight excluding hydrogens is 418 g/mol. The molecule has 0 bridgehead atoms. The van der Waals surface area contributed by atoms with Crippen molar-refractivity contribution in [3.8, 4) is 28.7 Å². The van der Waals surface area contributed by atoms with Crippen molar-refractivity contribution in [2.24, 2.45) is 5.92 Å². The number of pyridine rings is 3. The summed E-state index contributed by atoms with van der Waals surface area (Å²) in [6.45, 7) is 3.99. The van der Waals surface area contributed by atoms with Crippen LogP contribution in [0.15, 0.2) is 43.1 Å². The van der Waals surface area contributed by atoms with Gasteiger partial charge in [-0.1, -0.05) is 13.8 Å². The molecule has 5 aromatic rings. The van der Waals surface area contributed by atoms with Gasteiger partial charge >= 0.3 is 0 Å². The van der Waals surface area contributed by atoms with Crippen molar-refractivity contribution < 1.29 is 4.79 Å². The van der Waals surface area contributed by atoms with Crippen molar-refractivity contribution in [2.45, 2.75) is 20.3 Å². The van der Waals surface area contributed by atoms with E-state index in [1.807, 2.05) is 26.0 Å². The lowest BCUT2D eigenvalue weighted by Crippen LogP contribution is -2.13. The number of fused-ring (bicyclic) bond motifs is 2. The minimum absolute atomic E-state index is 0.0502. The van der Waals surface area contributed by atoms with Crippen LogP contribution >= 0.6 is 0 Å². The van der Waals surface area contributed by atoms with E-state index in [4.69, 9.17) is 0 Å². The van der Waals surface area contributed by atoms with Gasteiger partial charge in [0.05, 0.1) is 34.5 Å². The number of anilines is 1. The summed E-state index contributed by atoms with van der Waals surface area (Å²) in [5, 5.41) is 20.2. The molecule has 0 aliphatic heterocycles. The number of nitrogens with one attached hydrogen (secondary N) is 3. The van der Waals surface area contributed by atoms with E-state index in [-0.39, 0.29) is 11.8 Å². The van der Waals surface area contributed by atoms with Gasteiger partial charge in [-0.3, -0.25) is 19.9 Å². The van der Waals surface area contributed by atoms with Gasteiger partial charge in [-0.15, -0.1) is 0 Å². The average molecular weight is 437 g/mol. The van der Waals surface area contributed by atoms with Crippen molar-refractivity contribution in [1.29, 1.82) is 5.26 Å². The smallest absolute Gasteiger partial charge is 0.224 e. The summed E-state index contributed by atoms with van der Waals surface area (Å²) < 4.78 is 0. The number of imidazole rings is 1. The van der Waals surface area contributed by atoms with Crippen LogP contribution in [0.5, 0.6) is 0 Å². The number of hydrogen-bond acceptors (Lipinski definition) is 7. The summed E-state index contributed by atoms with van der Waals surface area (Å²) in [7, 11) is 0. The molecule has 5 heterocycles. The van der Waals surface area contributed by atoms with E-state index in [2.05, 4.69) is 46.5 Å². The van der Waals surface area contributed by atoms with Crippen molar-refractivity contribution in [1.82, 2.24) is 35.1 Å². The van der Waals surface area contributed by atoms with E-state index < -0.39 is 0 Å². The molecule has 5 aromatic heterocycles. The second-order valence-corrected chi connectivity index (χ2v) is 8.08. The molecule has 0 aromatic carbocycles. The minimum Gasteiger partial charge on any atom is -0.335 e. The number of rotatable bonds is 5. The molecule has 0 spiro atoms. The third-order valence-electron chi connectivity index (χ3n) is 5.11. The second kappa shape index (κ2) is 8.12. The van der Waals surface area contributed by atoms with Crippen LogP contribution in [0.3, 0.4) is 0 Å². The molecule has 0 atom stereocenters. The summed E-state index contributed by atoms with van der Waals surface area (Å²) in [4.78, 5) is 32.7. The summed E-state index contributed by atoms with van der Waals surface area (Å²) in [6, 6.07) is 5.91. The fraction of sp³-hybridized carbons (Fsp3) is 0.174. The summed E-state index contributed by atoms with van der Waals surface area (Å²) >= 11 is 0. The predicted octanol–water partition coefficient (Wildman–Crippen LogP) is 3.81. The van der Waals surface area contributed by atoms with Gasteiger partial charge in [0.1, 0.15) is 17.3 Å². The van der Waals surface area contributed by atoms with Gasteiger partial charge in [0.15, 0.2) is 11.5 Å². The molecule has 10 nitrogen and oxygen atoms in total. The number of hydrogen-bond donors (Lipinski definition) is 3. The van der Waals surface area contributed by atoms with E-state index in [9.17, 15) is 10.1 Å². The number of aromatic nitrogens is 7. The molecular formula is C23H19N9O. The molecule has 1 amide bonds. The van der Waals surface area contributed by atoms with Gasteiger partial charge in [0, 0.05) is 36.1 Å². The Morgan fingerprint density at radius 3 is 2.76 bits per heavy atom. The van der Waals surface area contributed by atoms with Crippen molar-refractivity contribution in [3.63, 3.8) is 0 Å². The van der Waals surface area contributed by atoms with Crippen LogP contribution in [0.4, 0.5) is 5.69 Å². The highest BCUT2D eigenvalue weighted by Crippen LogP contribution is 2.30. The zero-order valence-corrected chi connectivity index (χ0v) is 17.9. The maximum absolute atomic E-state index is 12.1. The van der Waals surface area contributed by atoms with Crippen LogP contribution in [-0.2, 0) is 4.79 Å². The first-order chi connectivity index (χ1) is 16.0. The maximum Gasteiger partial charge on any atom is 0.224 e. The Bertz CT molecular complexity index is 1540. The van der Waals surface area contributed by atoms with Crippen molar-refractivity contribution >= 4 is 33.7 Å². The first-order valence-electron chi connectivity index (χ1n) is 10.4. The average Bonchev–Trinajstić information content (AvgIpc) is 3.41. The predicted molar refractivity (Wildman–Crippen MR) is 123 cm³/mol. The van der Waals surface area contributed by atoms with Gasteiger partial charge in [-0.05, 0) is 18.1 Å². The largest absolute Gasteiger partial charge is 0.335 e.